The Morgan fingerprint density at radius 1 is 1.21 bits per heavy atom. The Morgan fingerprint density at radius 3 is 2.62 bits per heavy atom. The highest BCUT2D eigenvalue weighted by molar-refractivity contribution is 5.90. The van der Waals surface area contributed by atoms with Gasteiger partial charge in [0.05, 0.1) is 0 Å². The molecule has 1 unspecified atom stereocenters. The number of nitrogens with one attached hydrogen (secondary N) is 1. The van der Waals surface area contributed by atoms with E-state index in [1.165, 1.54) is 5.56 Å². The lowest BCUT2D eigenvalue weighted by Crippen LogP contribution is -2.33. The number of likely N-dealkylation sites (tertiary alicyclic amines) is 1. The molecule has 0 aliphatic carbocycles. The zero-order chi connectivity index (χ0) is 16.2. The Morgan fingerprint density at radius 2 is 1.96 bits per heavy atom. The van der Waals surface area contributed by atoms with Gasteiger partial charge < -0.3 is 16.0 Å². The van der Waals surface area contributed by atoms with Crippen molar-refractivity contribution in [1.82, 2.24) is 4.90 Å². The maximum atomic E-state index is 12.3. The molecule has 0 radical (unpaired) electrons. The van der Waals surface area contributed by atoms with Crippen molar-refractivity contribution in [1.29, 1.82) is 0 Å². The summed E-state index contributed by atoms with van der Waals surface area (Å²) in [5.74, 6) is 0.430. The number of hydrogen-bond acceptors (Lipinski definition) is 2. The van der Waals surface area contributed by atoms with Crippen LogP contribution in [0.2, 0.25) is 0 Å². The number of benzene rings is 2. The van der Waals surface area contributed by atoms with E-state index in [0.717, 1.165) is 36.3 Å². The van der Waals surface area contributed by atoms with Gasteiger partial charge in [-0.1, -0.05) is 42.0 Å². The fourth-order valence-electron chi connectivity index (χ4n) is 2.93. The number of aryl methyl sites for hydroxylation is 1. The number of urea groups is 1. The molecule has 24 heavy (non-hydrogen) atoms. The van der Waals surface area contributed by atoms with Crippen LogP contribution in [0.4, 0.5) is 10.5 Å². The van der Waals surface area contributed by atoms with Gasteiger partial charge in [-0.05, 0) is 49.1 Å². The third-order valence-corrected chi connectivity index (χ3v) is 4.41. The second kappa shape index (κ2) is 8.18. The summed E-state index contributed by atoms with van der Waals surface area (Å²) in [6.45, 7) is 4.25. The minimum Gasteiger partial charge on any atom is -0.330 e. The summed E-state index contributed by atoms with van der Waals surface area (Å²) >= 11 is 0. The van der Waals surface area contributed by atoms with Gasteiger partial charge in [-0.3, -0.25) is 0 Å². The second-order valence-electron chi connectivity index (χ2n) is 6.21. The Kier molecular flexibility index (Phi) is 6.23. The lowest BCUT2D eigenvalue weighted by molar-refractivity contribution is 0.221. The maximum absolute atomic E-state index is 12.3. The van der Waals surface area contributed by atoms with Crippen molar-refractivity contribution in [2.45, 2.75) is 13.3 Å². The molecule has 1 heterocycles. The number of rotatable bonds is 3. The van der Waals surface area contributed by atoms with E-state index in [9.17, 15) is 4.79 Å². The number of nitrogens with two attached hydrogens (primary N) is 1. The fourth-order valence-corrected chi connectivity index (χ4v) is 2.93. The lowest BCUT2D eigenvalue weighted by atomic mass is 10.0. The third kappa shape index (κ3) is 4.28. The molecule has 0 bridgehead atoms. The molecule has 1 atom stereocenters. The summed E-state index contributed by atoms with van der Waals surface area (Å²) in [4.78, 5) is 14.2. The Labute approximate surface area is 149 Å². The number of amides is 2. The SMILES string of the molecule is Cc1ccc(-c2cccc(NC(=O)N3CCC(CN)C3)c2)cc1.Cl. The summed E-state index contributed by atoms with van der Waals surface area (Å²) < 4.78 is 0. The van der Waals surface area contributed by atoms with Crippen molar-refractivity contribution in [2.24, 2.45) is 11.7 Å². The number of carbonyl (C=O) groups is 1. The van der Waals surface area contributed by atoms with Gasteiger partial charge in [0.15, 0.2) is 0 Å². The molecule has 5 heteroatoms. The van der Waals surface area contributed by atoms with Gasteiger partial charge in [0.25, 0.3) is 0 Å². The molecule has 3 N–H and O–H groups in total. The van der Waals surface area contributed by atoms with Crippen LogP contribution < -0.4 is 11.1 Å². The zero-order valence-electron chi connectivity index (χ0n) is 13.9. The van der Waals surface area contributed by atoms with Crippen molar-refractivity contribution in [3.8, 4) is 11.1 Å². The van der Waals surface area contributed by atoms with Crippen molar-refractivity contribution in [2.75, 3.05) is 25.0 Å². The van der Waals surface area contributed by atoms with E-state index in [1.807, 2.05) is 23.1 Å². The monoisotopic (exact) mass is 345 g/mol. The number of carbonyl (C=O) groups excluding carboxylic acids is 1. The first-order valence-corrected chi connectivity index (χ1v) is 8.09. The van der Waals surface area contributed by atoms with Gasteiger partial charge in [-0.15, -0.1) is 12.4 Å². The predicted molar refractivity (Wildman–Crippen MR) is 102 cm³/mol. The zero-order valence-corrected chi connectivity index (χ0v) is 14.7. The van der Waals surface area contributed by atoms with Crippen LogP contribution >= 0.6 is 12.4 Å². The summed E-state index contributed by atoms with van der Waals surface area (Å²) in [7, 11) is 0. The Balaban J connectivity index is 0.00000208. The molecule has 1 fully saturated rings. The van der Waals surface area contributed by atoms with Crippen LogP contribution in [0, 0.1) is 12.8 Å². The number of nitrogens with zero attached hydrogens (tertiary/aromatic N) is 1. The first-order chi connectivity index (χ1) is 11.2. The van der Waals surface area contributed by atoms with Gasteiger partial charge in [0.2, 0.25) is 0 Å². The fraction of sp³-hybridized carbons (Fsp3) is 0.316. The van der Waals surface area contributed by atoms with Gasteiger partial charge in [-0.2, -0.15) is 0 Å². The van der Waals surface area contributed by atoms with E-state index in [1.54, 1.807) is 0 Å². The molecule has 2 aromatic rings. The Bertz CT molecular complexity index is 687. The van der Waals surface area contributed by atoms with Crippen LogP contribution in [0.15, 0.2) is 48.5 Å². The standard InChI is InChI=1S/C19H23N3O.ClH/c1-14-5-7-16(8-6-14)17-3-2-4-18(11-17)21-19(23)22-10-9-15(12-20)13-22;/h2-8,11,15H,9-10,12-13,20H2,1H3,(H,21,23);1H. The summed E-state index contributed by atoms with van der Waals surface area (Å²) in [5.41, 5.74) is 10.00. The third-order valence-electron chi connectivity index (χ3n) is 4.41. The molecule has 1 aliphatic heterocycles. The molecule has 2 aromatic carbocycles. The van der Waals surface area contributed by atoms with Crippen LogP contribution in [0.25, 0.3) is 11.1 Å². The summed E-state index contributed by atoms with van der Waals surface area (Å²) in [6.07, 6.45) is 0.993. The molecule has 1 aliphatic rings. The highest BCUT2D eigenvalue weighted by Crippen LogP contribution is 2.24. The van der Waals surface area contributed by atoms with Crippen molar-refractivity contribution >= 4 is 24.1 Å². The molecule has 1 saturated heterocycles. The number of anilines is 1. The van der Waals surface area contributed by atoms with Crippen molar-refractivity contribution in [3.05, 3.63) is 54.1 Å². The predicted octanol–water partition coefficient (Wildman–Crippen LogP) is 3.90. The summed E-state index contributed by atoms with van der Waals surface area (Å²) in [6, 6.07) is 16.3. The van der Waals surface area contributed by atoms with Crippen molar-refractivity contribution in [3.63, 3.8) is 0 Å². The molecule has 2 amide bonds. The molecule has 128 valence electrons. The van der Waals surface area contributed by atoms with Gasteiger partial charge in [-0.25, -0.2) is 4.79 Å². The average Bonchev–Trinajstić information content (AvgIpc) is 3.05. The smallest absolute Gasteiger partial charge is 0.321 e. The largest absolute Gasteiger partial charge is 0.330 e. The van der Waals surface area contributed by atoms with Crippen LogP contribution in [0.1, 0.15) is 12.0 Å². The van der Waals surface area contributed by atoms with Gasteiger partial charge >= 0.3 is 6.03 Å². The van der Waals surface area contributed by atoms with E-state index in [-0.39, 0.29) is 18.4 Å². The molecular weight excluding hydrogens is 322 g/mol. The molecule has 3 rings (SSSR count). The summed E-state index contributed by atoms with van der Waals surface area (Å²) in [5, 5.41) is 3.00. The quantitative estimate of drug-likeness (QED) is 0.886. The normalized spacial score (nSPS) is 16.6. The highest BCUT2D eigenvalue weighted by Gasteiger charge is 2.25. The van der Waals surface area contributed by atoms with Crippen LogP contribution in [0.5, 0.6) is 0 Å². The molecular formula is C19H24ClN3O. The molecule has 0 saturated carbocycles. The van der Waals surface area contributed by atoms with E-state index in [4.69, 9.17) is 5.73 Å². The topological polar surface area (TPSA) is 58.4 Å². The number of hydrogen-bond donors (Lipinski definition) is 2. The van der Waals surface area contributed by atoms with E-state index >= 15 is 0 Å². The first kappa shape index (κ1) is 18.3. The van der Waals surface area contributed by atoms with Crippen LogP contribution in [-0.2, 0) is 0 Å². The first-order valence-electron chi connectivity index (χ1n) is 8.09. The van der Waals surface area contributed by atoms with E-state index in [0.29, 0.717) is 12.5 Å². The Hall–Kier alpha value is -2.04. The average molecular weight is 346 g/mol. The van der Waals surface area contributed by atoms with Crippen LogP contribution in [-0.4, -0.2) is 30.6 Å². The van der Waals surface area contributed by atoms with E-state index < -0.39 is 0 Å². The van der Waals surface area contributed by atoms with Crippen molar-refractivity contribution < 1.29 is 4.79 Å². The minimum absolute atomic E-state index is 0. The number of halogens is 1. The lowest BCUT2D eigenvalue weighted by Gasteiger charge is -2.17. The molecule has 0 spiro atoms. The maximum Gasteiger partial charge on any atom is 0.321 e. The van der Waals surface area contributed by atoms with E-state index in [2.05, 4.69) is 42.6 Å². The second-order valence-corrected chi connectivity index (χ2v) is 6.21. The van der Waals surface area contributed by atoms with Crippen LogP contribution in [0.3, 0.4) is 0 Å². The van der Waals surface area contributed by atoms with Gasteiger partial charge in [0.1, 0.15) is 0 Å². The highest BCUT2D eigenvalue weighted by atomic mass is 35.5. The molecule has 4 nitrogen and oxygen atoms in total. The molecule has 0 aromatic heterocycles. The van der Waals surface area contributed by atoms with Gasteiger partial charge in [0, 0.05) is 18.8 Å². The minimum atomic E-state index is -0.0398.